The summed E-state index contributed by atoms with van der Waals surface area (Å²) in [6, 6.07) is 9.15. The molecule has 1 atom stereocenters. The molecular weight excluding hydrogens is 318 g/mol. The van der Waals surface area contributed by atoms with E-state index in [1.807, 2.05) is 0 Å². The average Bonchev–Trinajstić information content (AvgIpc) is 2.91. The molecule has 0 spiro atoms. The van der Waals surface area contributed by atoms with Gasteiger partial charge in [0, 0.05) is 10.5 Å². The molecule has 0 amide bonds. The molecule has 1 aromatic carbocycles. The maximum absolute atomic E-state index is 3.73. The summed E-state index contributed by atoms with van der Waals surface area (Å²) in [5, 5.41) is 8.00. The molecule has 2 rings (SSSR count). The number of aryl methyl sites for hydroxylation is 2. The molecule has 102 valence electrons. The third-order valence-corrected chi connectivity index (χ3v) is 5.16. The van der Waals surface area contributed by atoms with Crippen molar-refractivity contribution in [2.45, 2.75) is 32.7 Å². The van der Waals surface area contributed by atoms with Crippen LogP contribution in [0.2, 0.25) is 0 Å². The summed E-state index contributed by atoms with van der Waals surface area (Å²) < 4.78 is 1.24. The highest BCUT2D eigenvalue weighted by Crippen LogP contribution is 2.29. The first-order valence-corrected chi connectivity index (χ1v) is 8.45. The fourth-order valence-electron chi connectivity index (χ4n) is 2.30. The van der Waals surface area contributed by atoms with E-state index < -0.39 is 0 Å². The van der Waals surface area contributed by atoms with Crippen molar-refractivity contribution in [2.24, 2.45) is 0 Å². The van der Waals surface area contributed by atoms with Crippen molar-refractivity contribution in [1.82, 2.24) is 5.32 Å². The lowest BCUT2D eigenvalue weighted by Crippen LogP contribution is -2.22. The zero-order valence-electron chi connectivity index (χ0n) is 11.4. The van der Waals surface area contributed by atoms with Crippen LogP contribution in [0.3, 0.4) is 0 Å². The Morgan fingerprint density at radius 1 is 1.32 bits per heavy atom. The zero-order chi connectivity index (χ0) is 13.7. The van der Waals surface area contributed by atoms with Gasteiger partial charge in [-0.2, -0.15) is 11.3 Å². The summed E-state index contributed by atoms with van der Waals surface area (Å²) in [4.78, 5) is 0. The van der Waals surface area contributed by atoms with Gasteiger partial charge in [0.05, 0.1) is 0 Å². The monoisotopic (exact) mass is 337 g/mol. The number of thiophene rings is 1. The molecule has 0 aliphatic heterocycles. The van der Waals surface area contributed by atoms with Gasteiger partial charge < -0.3 is 5.32 Å². The third-order valence-electron chi connectivity index (χ3n) is 3.35. The average molecular weight is 338 g/mol. The van der Waals surface area contributed by atoms with Gasteiger partial charge in [-0.1, -0.05) is 41.1 Å². The first kappa shape index (κ1) is 14.8. The molecule has 0 aliphatic carbocycles. The molecular formula is C16H20BrNS. The second-order valence-corrected chi connectivity index (χ2v) is 6.33. The Bertz CT molecular complexity index is 507. The predicted octanol–water partition coefficient (Wildman–Crippen LogP) is 5.10. The number of rotatable bonds is 6. The molecule has 2 aromatic rings. The van der Waals surface area contributed by atoms with Crippen LogP contribution in [0.25, 0.3) is 0 Å². The van der Waals surface area contributed by atoms with Gasteiger partial charge in [-0.25, -0.2) is 0 Å². The number of nitrogens with one attached hydrogen (secondary N) is 1. The van der Waals surface area contributed by atoms with E-state index in [1.54, 1.807) is 11.3 Å². The largest absolute Gasteiger partial charge is 0.310 e. The second kappa shape index (κ2) is 7.22. The van der Waals surface area contributed by atoms with Crippen molar-refractivity contribution in [1.29, 1.82) is 0 Å². The molecule has 1 aromatic heterocycles. The summed E-state index contributed by atoms with van der Waals surface area (Å²) in [5.41, 5.74) is 4.12. The van der Waals surface area contributed by atoms with E-state index >= 15 is 0 Å². The Kier molecular flexibility index (Phi) is 5.61. The van der Waals surface area contributed by atoms with Crippen LogP contribution < -0.4 is 5.32 Å². The van der Waals surface area contributed by atoms with Gasteiger partial charge in [0.25, 0.3) is 0 Å². The molecule has 3 heteroatoms. The first-order valence-electron chi connectivity index (χ1n) is 6.71. The molecule has 1 unspecified atom stereocenters. The molecule has 0 radical (unpaired) electrons. The van der Waals surface area contributed by atoms with E-state index in [1.165, 1.54) is 21.2 Å². The summed E-state index contributed by atoms with van der Waals surface area (Å²) in [5.74, 6) is 0. The molecule has 1 nitrogen and oxygen atoms in total. The molecule has 0 saturated heterocycles. The maximum atomic E-state index is 3.73. The van der Waals surface area contributed by atoms with Crippen LogP contribution in [0.15, 0.2) is 39.5 Å². The van der Waals surface area contributed by atoms with Crippen LogP contribution in [0.5, 0.6) is 0 Å². The molecule has 19 heavy (non-hydrogen) atoms. The van der Waals surface area contributed by atoms with E-state index in [4.69, 9.17) is 0 Å². The quantitative estimate of drug-likeness (QED) is 0.772. The van der Waals surface area contributed by atoms with Crippen molar-refractivity contribution in [2.75, 3.05) is 6.54 Å². The van der Waals surface area contributed by atoms with Gasteiger partial charge in [-0.3, -0.25) is 0 Å². The predicted molar refractivity (Wildman–Crippen MR) is 87.9 cm³/mol. The normalized spacial score (nSPS) is 12.6. The second-order valence-electron chi connectivity index (χ2n) is 4.76. The minimum absolute atomic E-state index is 0.416. The van der Waals surface area contributed by atoms with Crippen LogP contribution in [0.1, 0.15) is 36.1 Å². The van der Waals surface area contributed by atoms with Crippen LogP contribution >= 0.6 is 27.3 Å². The zero-order valence-corrected chi connectivity index (χ0v) is 13.9. The van der Waals surface area contributed by atoms with Crippen LogP contribution in [-0.4, -0.2) is 6.54 Å². The Labute approximate surface area is 128 Å². The van der Waals surface area contributed by atoms with Crippen molar-refractivity contribution < 1.29 is 0 Å². The molecule has 0 saturated carbocycles. The minimum atomic E-state index is 0.416. The minimum Gasteiger partial charge on any atom is -0.310 e. The summed E-state index contributed by atoms with van der Waals surface area (Å²) in [7, 11) is 0. The van der Waals surface area contributed by atoms with Gasteiger partial charge in [-0.05, 0) is 59.8 Å². The topological polar surface area (TPSA) is 12.0 Å². The highest BCUT2D eigenvalue weighted by Gasteiger charge is 2.14. The lowest BCUT2D eigenvalue weighted by molar-refractivity contribution is 0.513. The molecule has 0 aliphatic rings. The Morgan fingerprint density at radius 2 is 2.16 bits per heavy atom. The maximum Gasteiger partial charge on any atom is 0.0334 e. The molecule has 0 bridgehead atoms. The van der Waals surface area contributed by atoms with E-state index in [-0.39, 0.29) is 0 Å². The number of halogens is 1. The number of hydrogen-bond donors (Lipinski definition) is 1. The molecule has 0 fully saturated rings. The smallest absolute Gasteiger partial charge is 0.0334 e. The number of benzene rings is 1. The van der Waals surface area contributed by atoms with Gasteiger partial charge >= 0.3 is 0 Å². The highest BCUT2D eigenvalue weighted by molar-refractivity contribution is 9.10. The Balaban J connectivity index is 2.12. The summed E-state index contributed by atoms with van der Waals surface area (Å²) >= 11 is 5.51. The summed E-state index contributed by atoms with van der Waals surface area (Å²) in [6.07, 6.45) is 2.26. The third kappa shape index (κ3) is 3.91. The lowest BCUT2D eigenvalue weighted by atomic mass is 9.98. The van der Waals surface area contributed by atoms with Crippen LogP contribution in [-0.2, 0) is 6.42 Å². The van der Waals surface area contributed by atoms with Crippen molar-refractivity contribution in [3.8, 4) is 0 Å². The standard InChI is InChI=1S/C16H20BrNS/c1-3-18-15(8-7-13-9-10-19-11-13)14-6-4-5-12(2)16(14)17/h4-6,9-11,15,18H,3,7-8H2,1-2H3. The fraction of sp³-hybridized carbons (Fsp3) is 0.375. The van der Waals surface area contributed by atoms with E-state index in [0.29, 0.717) is 6.04 Å². The molecule has 1 heterocycles. The van der Waals surface area contributed by atoms with Gasteiger partial charge in [0.1, 0.15) is 0 Å². The van der Waals surface area contributed by atoms with Gasteiger partial charge in [-0.15, -0.1) is 0 Å². The first-order chi connectivity index (χ1) is 9.22. The van der Waals surface area contributed by atoms with Gasteiger partial charge in [0.15, 0.2) is 0 Å². The molecule has 1 N–H and O–H groups in total. The van der Waals surface area contributed by atoms with Crippen LogP contribution in [0.4, 0.5) is 0 Å². The van der Waals surface area contributed by atoms with E-state index in [2.05, 4.69) is 70.1 Å². The Hall–Kier alpha value is -0.640. The summed E-state index contributed by atoms with van der Waals surface area (Å²) in [6.45, 7) is 5.31. The van der Waals surface area contributed by atoms with Crippen molar-refractivity contribution >= 4 is 27.3 Å². The SMILES string of the molecule is CCNC(CCc1ccsc1)c1cccc(C)c1Br. The van der Waals surface area contributed by atoms with Crippen LogP contribution in [0, 0.1) is 6.92 Å². The van der Waals surface area contributed by atoms with E-state index in [0.717, 1.165) is 19.4 Å². The van der Waals surface area contributed by atoms with Gasteiger partial charge in [0.2, 0.25) is 0 Å². The van der Waals surface area contributed by atoms with E-state index in [9.17, 15) is 0 Å². The highest BCUT2D eigenvalue weighted by atomic mass is 79.9. The van der Waals surface area contributed by atoms with Crippen molar-refractivity contribution in [3.63, 3.8) is 0 Å². The Morgan fingerprint density at radius 3 is 2.84 bits per heavy atom. The number of hydrogen-bond acceptors (Lipinski definition) is 2. The van der Waals surface area contributed by atoms with Crippen molar-refractivity contribution in [3.05, 3.63) is 56.2 Å². The lowest BCUT2D eigenvalue weighted by Gasteiger charge is -2.20. The fourth-order valence-corrected chi connectivity index (χ4v) is 3.54.